The van der Waals surface area contributed by atoms with E-state index in [0.717, 1.165) is 11.1 Å². The first-order valence-electron chi connectivity index (χ1n) is 11.1. The van der Waals surface area contributed by atoms with Gasteiger partial charge in [-0.2, -0.15) is 11.8 Å². The average Bonchev–Trinajstić information content (AvgIpc) is 3.46. The molecule has 0 saturated carbocycles. The second-order valence-electron chi connectivity index (χ2n) is 7.83. The third-order valence-corrected chi connectivity index (χ3v) is 6.47. The average molecular weight is 496 g/mol. The van der Waals surface area contributed by atoms with Gasteiger partial charge in [0.2, 0.25) is 5.91 Å². The van der Waals surface area contributed by atoms with Gasteiger partial charge in [0.15, 0.2) is 5.69 Å². The Hall–Kier alpha value is -3.86. The van der Waals surface area contributed by atoms with Crippen molar-refractivity contribution in [3.8, 4) is 11.1 Å². The predicted molar refractivity (Wildman–Crippen MR) is 130 cm³/mol. The number of hydrogen-bond acceptors (Lipinski definition) is 7. The van der Waals surface area contributed by atoms with Crippen molar-refractivity contribution in [2.24, 2.45) is 0 Å². The summed E-state index contributed by atoms with van der Waals surface area (Å²) < 4.78 is 6.85. The number of nitrogens with zero attached hydrogens (tertiary/aromatic N) is 3. The number of alkyl carbamates (subject to hydrolysis) is 1. The molecule has 0 saturated heterocycles. The maximum atomic E-state index is 12.2. The van der Waals surface area contributed by atoms with E-state index in [4.69, 9.17) is 9.84 Å². The number of aromatic nitrogens is 3. The first-order valence-corrected chi connectivity index (χ1v) is 12.2. The molecule has 0 aliphatic heterocycles. The minimum atomic E-state index is -1.15. The molecule has 0 unspecified atom stereocenters. The Morgan fingerprint density at radius 2 is 1.69 bits per heavy atom. The Labute approximate surface area is 206 Å². The van der Waals surface area contributed by atoms with Crippen LogP contribution < -0.4 is 10.6 Å². The first kappa shape index (κ1) is 24.3. The third-order valence-electron chi connectivity index (χ3n) is 5.51. The highest BCUT2D eigenvalue weighted by atomic mass is 32.2. The number of fused-ring (bicyclic) bond motifs is 3. The lowest BCUT2D eigenvalue weighted by Gasteiger charge is -2.14. The summed E-state index contributed by atoms with van der Waals surface area (Å²) in [5.74, 6) is -0.496. The zero-order valence-corrected chi connectivity index (χ0v) is 19.7. The van der Waals surface area contributed by atoms with Crippen LogP contribution in [-0.4, -0.2) is 69.3 Å². The molecule has 1 aromatic heterocycles. The van der Waals surface area contributed by atoms with Gasteiger partial charge in [0.25, 0.3) is 0 Å². The normalized spacial score (nSPS) is 12.0. The molecule has 10 nitrogen and oxygen atoms in total. The zero-order chi connectivity index (χ0) is 24.6. The van der Waals surface area contributed by atoms with Crippen LogP contribution in [0.1, 0.15) is 27.5 Å². The van der Waals surface area contributed by atoms with Crippen LogP contribution in [-0.2, 0) is 16.1 Å². The van der Waals surface area contributed by atoms with Crippen LogP contribution >= 0.6 is 11.8 Å². The van der Waals surface area contributed by atoms with E-state index in [1.54, 1.807) is 0 Å². The molecule has 2 amide bonds. The third kappa shape index (κ3) is 6.18. The lowest BCUT2D eigenvalue weighted by Crippen LogP contribution is -2.30. The van der Waals surface area contributed by atoms with Gasteiger partial charge in [0.05, 0.1) is 18.5 Å². The molecule has 0 fully saturated rings. The van der Waals surface area contributed by atoms with E-state index in [9.17, 15) is 14.4 Å². The van der Waals surface area contributed by atoms with E-state index in [-0.39, 0.29) is 29.9 Å². The Bertz CT molecular complexity index is 1170. The van der Waals surface area contributed by atoms with Crippen LogP contribution in [0.25, 0.3) is 11.1 Å². The van der Waals surface area contributed by atoms with Gasteiger partial charge >= 0.3 is 12.1 Å². The van der Waals surface area contributed by atoms with Crippen molar-refractivity contribution in [2.75, 3.05) is 31.2 Å². The molecule has 0 bridgehead atoms. The fourth-order valence-electron chi connectivity index (χ4n) is 3.91. The molecule has 1 aliphatic rings. The van der Waals surface area contributed by atoms with Crippen LogP contribution in [0.15, 0.2) is 54.7 Å². The smallest absolute Gasteiger partial charge is 0.407 e. The number of rotatable bonds is 11. The van der Waals surface area contributed by atoms with Crippen LogP contribution in [0, 0.1) is 0 Å². The van der Waals surface area contributed by atoms with Gasteiger partial charge < -0.3 is 20.5 Å². The highest BCUT2D eigenvalue weighted by Crippen LogP contribution is 2.44. The SMILES string of the molecule is O=C(CSCCNC(=O)OCC1c2ccccc2-c2ccccc21)NCCn1cc(C(=O)O)nn1. The maximum absolute atomic E-state index is 12.2. The molecule has 0 atom stereocenters. The molecule has 11 heteroatoms. The Morgan fingerprint density at radius 3 is 2.34 bits per heavy atom. The Balaban J connectivity index is 1.10. The van der Waals surface area contributed by atoms with Crippen molar-refractivity contribution in [1.82, 2.24) is 25.6 Å². The number of benzene rings is 2. The number of carbonyl (C=O) groups excluding carboxylic acids is 2. The number of carbonyl (C=O) groups is 3. The summed E-state index contributed by atoms with van der Waals surface area (Å²) in [6, 6.07) is 16.3. The maximum Gasteiger partial charge on any atom is 0.407 e. The summed E-state index contributed by atoms with van der Waals surface area (Å²) >= 11 is 1.39. The molecule has 1 heterocycles. The highest BCUT2D eigenvalue weighted by molar-refractivity contribution is 7.99. The van der Waals surface area contributed by atoms with E-state index in [2.05, 4.69) is 45.2 Å². The second kappa shape index (κ2) is 11.5. The van der Waals surface area contributed by atoms with E-state index < -0.39 is 12.1 Å². The second-order valence-corrected chi connectivity index (χ2v) is 8.93. The van der Waals surface area contributed by atoms with E-state index in [1.165, 1.54) is 33.8 Å². The number of carboxylic acids is 1. The molecule has 0 radical (unpaired) electrons. The summed E-state index contributed by atoms with van der Waals surface area (Å²) in [6.07, 6.45) is 0.823. The molecular weight excluding hydrogens is 470 g/mol. The molecule has 1 aliphatic carbocycles. The minimum absolute atomic E-state index is 0.0134. The van der Waals surface area contributed by atoms with Crippen LogP contribution in [0.2, 0.25) is 0 Å². The van der Waals surface area contributed by atoms with Crippen LogP contribution in [0.3, 0.4) is 0 Å². The van der Waals surface area contributed by atoms with Gasteiger partial charge in [-0.3, -0.25) is 4.79 Å². The quantitative estimate of drug-likeness (QED) is 0.345. The molecule has 3 aromatic rings. The van der Waals surface area contributed by atoms with Crippen molar-refractivity contribution < 1.29 is 24.2 Å². The largest absolute Gasteiger partial charge is 0.476 e. The van der Waals surface area contributed by atoms with Crippen molar-refractivity contribution >= 4 is 29.7 Å². The fourth-order valence-corrected chi connectivity index (χ4v) is 4.58. The highest BCUT2D eigenvalue weighted by Gasteiger charge is 2.28. The number of aromatic carboxylic acids is 1. The van der Waals surface area contributed by atoms with Crippen LogP contribution in [0.5, 0.6) is 0 Å². The fraction of sp³-hybridized carbons (Fsp3) is 0.292. The molecule has 0 spiro atoms. The van der Waals surface area contributed by atoms with Gasteiger partial charge in [-0.25, -0.2) is 14.3 Å². The van der Waals surface area contributed by atoms with E-state index in [0.29, 0.717) is 25.4 Å². The molecule has 2 aromatic carbocycles. The van der Waals surface area contributed by atoms with E-state index in [1.807, 2.05) is 24.3 Å². The summed E-state index contributed by atoms with van der Waals surface area (Å²) in [5, 5.41) is 21.5. The number of carboxylic acid groups (broad SMARTS) is 1. The molecular formula is C24H25N5O5S. The lowest BCUT2D eigenvalue weighted by atomic mass is 9.98. The van der Waals surface area contributed by atoms with Crippen molar-refractivity contribution in [1.29, 1.82) is 0 Å². The van der Waals surface area contributed by atoms with Crippen LogP contribution in [0.4, 0.5) is 4.79 Å². The number of hydrogen-bond donors (Lipinski definition) is 3. The number of nitrogens with one attached hydrogen (secondary N) is 2. The van der Waals surface area contributed by atoms with Gasteiger partial charge in [0.1, 0.15) is 6.61 Å². The summed E-state index contributed by atoms with van der Waals surface area (Å²) in [5.41, 5.74) is 4.54. The van der Waals surface area contributed by atoms with Crippen molar-refractivity contribution in [3.05, 3.63) is 71.5 Å². The number of thioether (sulfide) groups is 1. The summed E-state index contributed by atoms with van der Waals surface area (Å²) in [4.78, 5) is 34.9. The summed E-state index contributed by atoms with van der Waals surface area (Å²) in [7, 11) is 0. The molecule has 4 rings (SSSR count). The Kier molecular flexibility index (Phi) is 7.99. The van der Waals surface area contributed by atoms with Crippen molar-refractivity contribution in [3.63, 3.8) is 0 Å². The number of amides is 2. The topological polar surface area (TPSA) is 135 Å². The van der Waals surface area contributed by atoms with E-state index >= 15 is 0 Å². The Morgan fingerprint density at radius 1 is 1.00 bits per heavy atom. The molecule has 35 heavy (non-hydrogen) atoms. The molecule has 182 valence electrons. The standard InChI is InChI=1S/C24H25N5O5S/c30-22(25-9-11-29-13-21(23(31)32)27-28-29)15-35-12-10-26-24(33)34-14-20-18-7-3-1-5-16(18)17-6-2-4-8-19(17)20/h1-8,13,20H,9-12,14-15H2,(H,25,30)(H,26,33)(H,31,32). The minimum Gasteiger partial charge on any atom is -0.476 e. The zero-order valence-electron chi connectivity index (χ0n) is 18.8. The van der Waals surface area contributed by atoms with Gasteiger partial charge in [0, 0.05) is 24.8 Å². The van der Waals surface area contributed by atoms with Gasteiger partial charge in [-0.15, -0.1) is 5.10 Å². The summed E-state index contributed by atoms with van der Waals surface area (Å²) in [6.45, 7) is 1.26. The predicted octanol–water partition coefficient (Wildman–Crippen LogP) is 2.36. The van der Waals surface area contributed by atoms with Crippen molar-refractivity contribution in [2.45, 2.75) is 12.5 Å². The van der Waals surface area contributed by atoms with Gasteiger partial charge in [-0.05, 0) is 22.3 Å². The number of ether oxygens (including phenoxy) is 1. The lowest BCUT2D eigenvalue weighted by molar-refractivity contribution is -0.118. The first-order chi connectivity index (χ1) is 17.0. The van der Waals surface area contributed by atoms with Gasteiger partial charge in [-0.1, -0.05) is 53.7 Å². The molecule has 3 N–H and O–H groups in total. The monoisotopic (exact) mass is 495 g/mol.